The first-order valence-corrected chi connectivity index (χ1v) is 18.8. The second kappa shape index (κ2) is 21.4. The van der Waals surface area contributed by atoms with E-state index in [-0.39, 0.29) is 12.3 Å². The van der Waals surface area contributed by atoms with Gasteiger partial charge in [-0.2, -0.15) is 0 Å². The Morgan fingerprint density at radius 2 is 1.43 bits per heavy atom. The van der Waals surface area contributed by atoms with E-state index in [0.717, 1.165) is 29.7 Å². The van der Waals surface area contributed by atoms with Crippen molar-refractivity contribution in [3.05, 3.63) is 35.9 Å². The van der Waals surface area contributed by atoms with Crippen LogP contribution >= 0.6 is 0 Å². The van der Waals surface area contributed by atoms with Gasteiger partial charge < -0.3 is 46.4 Å². The minimum atomic E-state index is -1.47. The molecule has 16 heteroatoms. The summed E-state index contributed by atoms with van der Waals surface area (Å²) in [5.41, 5.74) is 6.94. The van der Waals surface area contributed by atoms with Gasteiger partial charge in [0.1, 0.15) is 24.2 Å². The predicted molar refractivity (Wildman–Crippen MR) is 203 cm³/mol. The number of likely N-dealkylation sites (N-methyl/N-ethyl adjacent to an activating group) is 4. The molecular formula is C38H62N8O8. The van der Waals surface area contributed by atoms with Crippen LogP contribution in [0, 0.1) is 11.8 Å². The Morgan fingerprint density at radius 3 is 1.94 bits per heavy atom. The summed E-state index contributed by atoms with van der Waals surface area (Å²) in [7, 11) is 5.81. The van der Waals surface area contributed by atoms with Crippen molar-refractivity contribution in [2.24, 2.45) is 17.6 Å². The first-order chi connectivity index (χ1) is 25.4. The summed E-state index contributed by atoms with van der Waals surface area (Å²) in [5.74, 6) is -5.36. The predicted octanol–water partition coefficient (Wildman–Crippen LogP) is 0.393. The van der Waals surface area contributed by atoms with Crippen molar-refractivity contribution in [2.75, 3.05) is 41.3 Å². The van der Waals surface area contributed by atoms with Gasteiger partial charge >= 0.3 is 5.97 Å². The molecule has 1 aliphatic heterocycles. The van der Waals surface area contributed by atoms with E-state index in [1.165, 1.54) is 37.9 Å². The molecule has 2 unspecified atom stereocenters. The summed E-state index contributed by atoms with van der Waals surface area (Å²) >= 11 is 0. The van der Waals surface area contributed by atoms with Crippen LogP contribution in [-0.2, 0) is 40.0 Å². The van der Waals surface area contributed by atoms with Crippen molar-refractivity contribution >= 4 is 41.4 Å². The normalized spacial score (nSPS) is 16.8. The first-order valence-electron chi connectivity index (χ1n) is 18.8. The van der Waals surface area contributed by atoms with Gasteiger partial charge in [-0.15, -0.1) is 0 Å². The Labute approximate surface area is 319 Å². The van der Waals surface area contributed by atoms with Crippen molar-refractivity contribution in [1.82, 2.24) is 35.6 Å². The number of amides is 6. The molecule has 6 N–H and O–H groups in total. The van der Waals surface area contributed by atoms with E-state index in [0.29, 0.717) is 19.5 Å². The number of carbonyl (C=O) groups excluding carboxylic acids is 6. The molecule has 1 aromatic carbocycles. The quantitative estimate of drug-likeness (QED) is 0.122. The fraction of sp³-hybridized carbons (Fsp3) is 0.658. The standard InChI is InChI=1S/C38H62N8O8/c1-10-24(4)30(40-6)33(48)42-32(39)37(52)44(8)28(21-26-17-13-11-14-18-26)36(51)45(9)31(23(2)3)34(49)41-27(35(50)46-19-15-12-16-20-46)22-29(47)43(7)25(5)38(53)54/h11,13-14,17-18,23-25,27-28,30-32,40H,10,12,15-16,19-22,39H2,1-9H3,(H,41,49)(H,42,48)(H,53,54)/t24-,25-,27?,28?,30-,31-,32+/m0/s1. The number of piperidine rings is 1. The summed E-state index contributed by atoms with van der Waals surface area (Å²) in [6, 6.07) is 3.60. The summed E-state index contributed by atoms with van der Waals surface area (Å²) in [5, 5.41) is 17.7. The van der Waals surface area contributed by atoms with Gasteiger partial charge in [0.05, 0.1) is 12.5 Å². The van der Waals surface area contributed by atoms with Gasteiger partial charge in [0, 0.05) is 40.7 Å². The summed E-state index contributed by atoms with van der Waals surface area (Å²) < 4.78 is 0. The van der Waals surface area contributed by atoms with E-state index in [2.05, 4.69) is 16.0 Å². The second-order valence-corrected chi connectivity index (χ2v) is 14.6. The molecule has 16 nitrogen and oxygen atoms in total. The third kappa shape index (κ3) is 12.2. The van der Waals surface area contributed by atoms with Crippen LogP contribution in [-0.4, -0.2) is 144 Å². The van der Waals surface area contributed by atoms with Gasteiger partial charge in [0.15, 0.2) is 6.17 Å². The molecule has 1 aliphatic rings. The number of rotatable bonds is 19. The number of carboxylic acid groups (broad SMARTS) is 1. The molecule has 0 bridgehead atoms. The zero-order valence-electron chi connectivity index (χ0n) is 33.3. The van der Waals surface area contributed by atoms with Crippen LogP contribution < -0.4 is 21.7 Å². The van der Waals surface area contributed by atoms with E-state index in [4.69, 9.17) is 5.73 Å². The van der Waals surface area contributed by atoms with Crippen LogP contribution in [0.25, 0.3) is 0 Å². The molecule has 0 aromatic heterocycles. The number of nitrogens with one attached hydrogen (secondary N) is 3. The van der Waals surface area contributed by atoms with Crippen LogP contribution in [0.2, 0.25) is 0 Å². The molecule has 0 aliphatic carbocycles. The summed E-state index contributed by atoms with van der Waals surface area (Å²) in [6.45, 7) is 9.53. The lowest BCUT2D eigenvalue weighted by atomic mass is 9.97. The van der Waals surface area contributed by atoms with E-state index >= 15 is 0 Å². The zero-order chi connectivity index (χ0) is 40.9. The second-order valence-electron chi connectivity index (χ2n) is 14.6. The summed E-state index contributed by atoms with van der Waals surface area (Å²) in [6.07, 6.45) is 1.27. The Kier molecular flexibility index (Phi) is 18.0. The molecule has 1 heterocycles. The van der Waals surface area contributed by atoms with Crippen LogP contribution in [0.4, 0.5) is 0 Å². The fourth-order valence-electron chi connectivity index (χ4n) is 6.60. The Bertz CT molecular complexity index is 1450. The van der Waals surface area contributed by atoms with Crippen molar-refractivity contribution in [3.63, 3.8) is 0 Å². The van der Waals surface area contributed by atoms with Crippen LogP contribution in [0.15, 0.2) is 30.3 Å². The fourth-order valence-corrected chi connectivity index (χ4v) is 6.60. The highest BCUT2D eigenvalue weighted by atomic mass is 16.4. The topological polar surface area (TPSA) is 215 Å². The zero-order valence-corrected chi connectivity index (χ0v) is 33.3. The smallest absolute Gasteiger partial charge is 0.326 e. The van der Waals surface area contributed by atoms with Crippen LogP contribution in [0.3, 0.4) is 0 Å². The summed E-state index contributed by atoms with van der Waals surface area (Å²) in [4.78, 5) is 99.0. The maximum Gasteiger partial charge on any atom is 0.326 e. The molecule has 6 amide bonds. The highest BCUT2D eigenvalue weighted by molar-refractivity contribution is 5.97. The minimum absolute atomic E-state index is 0.0442. The molecule has 1 aromatic rings. The van der Waals surface area contributed by atoms with Gasteiger partial charge in [0.2, 0.25) is 29.5 Å². The molecule has 1 saturated heterocycles. The largest absolute Gasteiger partial charge is 0.480 e. The monoisotopic (exact) mass is 758 g/mol. The number of nitrogens with two attached hydrogens (primary N) is 1. The Balaban J connectivity index is 2.43. The van der Waals surface area contributed by atoms with E-state index in [1.54, 1.807) is 50.1 Å². The molecule has 1 fully saturated rings. The highest BCUT2D eigenvalue weighted by Crippen LogP contribution is 2.19. The Hall–Kier alpha value is -4.57. The van der Waals surface area contributed by atoms with Gasteiger partial charge in [-0.1, -0.05) is 64.4 Å². The molecule has 302 valence electrons. The third-order valence-corrected chi connectivity index (χ3v) is 10.4. The molecule has 0 radical (unpaired) electrons. The SMILES string of the molecule is CC[C@H](C)[C@H](NC)C(=O)N[C@@H](N)C(=O)N(C)C(Cc1ccccc1)C(=O)N(C)[C@H](C(=O)NC(CC(=O)N(C)[C@@H](C)C(=O)O)C(=O)N1CCCCC1)C(C)C. The maximum atomic E-state index is 14.5. The van der Waals surface area contributed by atoms with E-state index in [1.807, 2.05) is 19.9 Å². The Morgan fingerprint density at radius 1 is 0.833 bits per heavy atom. The molecule has 0 saturated carbocycles. The number of benzene rings is 1. The lowest BCUT2D eigenvalue weighted by Gasteiger charge is -2.37. The van der Waals surface area contributed by atoms with Gasteiger partial charge in [0.25, 0.3) is 5.91 Å². The highest BCUT2D eigenvalue weighted by Gasteiger charge is 2.40. The van der Waals surface area contributed by atoms with Crippen molar-refractivity contribution < 1.29 is 38.7 Å². The van der Waals surface area contributed by atoms with Gasteiger partial charge in [-0.05, 0) is 50.6 Å². The number of nitrogens with zero attached hydrogens (tertiary/aromatic N) is 4. The number of hydrogen-bond donors (Lipinski definition) is 5. The van der Waals surface area contributed by atoms with Gasteiger partial charge in [-0.3, -0.25) is 28.8 Å². The first kappa shape index (κ1) is 45.6. The molecule has 7 atom stereocenters. The van der Waals surface area contributed by atoms with E-state index < -0.39 is 90.1 Å². The number of carboxylic acids is 1. The molecule has 54 heavy (non-hydrogen) atoms. The third-order valence-electron chi connectivity index (χ3n) is 10.4. The van der Waals surface area contributed by atoms with Crippen molar-refractivity contribution in [1.29, 1.82) is 0 Å². The average Bonchev–Trinajstić information content (AvgIpc) is 3.15. The van der Waals surface area contributed by atoms with Gasteiger partial charge in [-0.25, -0.2) is 4.79 Å². The average molecular weight is 759 g/mol. The lowest BCUT2D eigenvalue weighted by molar-refractivity contribution is -0.151. The van der Waals surface area contributed by atoms with Crippen LogP contribution in [0.5, 0.6) is 0 Å². The minimum Gasteiger partial charge on any atom is -0.480 e. The molecule has 2 rings (SSSR count). The lowest BCUT2D eigenvalue weighted by Crippen LogP contribution is -2.62. The molecule has 0 spiro atoms. The number of hydrogen-bond acceptors (Lipinski definition) is 9. The van der Waals surface area contributed by atoms with Crippen molar-refractivity contribution in [2.45, 2.75) is 110 Å². The number of carbonyl (C=O) groups is 7. The number of likely N-dealkylation sites (tertiary alicyclic amines) is 1. The van der Waals surface area contributed by atoms with Crippen molar-refractivity contribution in [3.8, 4) is 0 Å². The van der Waals surface area contributed by atoms with Crippen LogP contribution in [0.1, 0.15) is 72.3 Å². The number of aliphatic carboxylic acids is 1. The van der Waals surface area contributed by atoms with E-state index in [9.17, 15) is 38.7 Å². The molecular weight excluding hydrogens is 696 g/mol. The maximum absolute atomic E-state index is 14.5.